The molecule has 56 valence electrons. The molecule has 4 nitrogen and oxygen atoms in total. The van der Waals surface area contributed by atoms with E-state index < -0.39 is 0 Å². The van der Waals surface area contributed by atoms with Crippen molar-refractivity contribution < 1.29 is 9.59 Å². The van der Waals surface area contributed by atoms with E-state index in [1.807, 2.05) is 0 Å². The fraction of sp³-hybridized carbons (Fsp3) is 0.500. The van der Waals surface area contributed by atoms with Crippen LogP contribution in [0.4, 0.5) is 0 Å². The third kappa shape index (κ3) is 4.96. The van der Waals surface area contributed by atoms with E-state index in [-0.39, 0.29) is 5.91 Å². The van der Waals surface area contributed by atoms with E-state index >= 15 is 0 Å². The molecule has 0 saturated carbocycles. The number of rotatable bonds is 4. The molecule has 0 aromatic heterocycles. The first-order valence-corrected chi connectivity index (χ1v) is 3.03. The van der Waals surface area contributed by atoms with Crippen molar-refractivity contribution in [2.24, 2.45) is 4.99 Å². The van der Waals surface area contributed by atoms with Crippen LogP contribution in [0.25, 0.3) is 0 Å². The van der Waals surface area contributed by atoms with Crippen LogP contribution in [0.2, 0.25) is 0 Å². The first kappa shape index (κ1) is 8.81. The van der Waals surface area contributed by atoms with Gasteiger partial charge in [-0.3, -0.25) is 9.59 Å². The SMILES string of the molecule is CCC(=O)NCC=NC=O. The van der Waals surface area contributed by atoms with Gasteiger partial charge in [0.1, 0.15) is 0 Å². The summed E-state index contributed by atoms with van der Waals surface area (Å²) in [5.41, 5.74) is 0. The molecule has 0 fully saturated rings. The predicted molar refractivity (Wildman–Crippen MR) is 37.9 cm³/mol. The van der Waals surface area contributed by atoms with Crippen LogP contribution in [-0.4, -0.2) is 25.1 Å². The van der Waals surface area contributed by atoms with Crippen LogP contribution in [-0.2, 0) is 9.59 Å². The normalized spacial score (nSPS) is 9.70. The Labute approximate surface area is 59.3 Å². The molecular weight excluding hydrogens is 132 g/mol. The monoisotopic (exact) mass is 142 g/mol. The van der Waals surface area contributed by atoms with Crippen molar-refractivity contribution in [3.05, 3.63) is 0 Å². The van der Waals surface area contributed by atoms with Gasteiger partial charge in [0, 0.05) is 12.6 Å². The lowest BCUT2D eigenvalue weighted by Gasteiger charge is -1.94. The zero-order valence-electron chi connectivity index (χ0n) is 5.83. The van der Waals surface area contributed by atoms with Crippen LogP contribution in [0.3, 0.4) is 0 Å². The number of nitrogens with one attached hydrogen (secondary N) is 1. The summed E-state index contributed by atoms with van der Waals surface area (Å²) in [5, 5.41) is 2.52. The third-order valence-corrected chi connectivity index (χ3v) is 0.878. The van der Waals surface area contributed by atoms with Gasteiger partial charge in [-0.05, 0) is 0 Å². The number of amides is 2. The predicted octanol–water partition coefficient (Wildman–Crippen LogP) is -0.260. The molecule has 0 aromatic rings. The third-order valence-electron chi connectivity index (χ3n) is 0.878. The highest BCUT2D eigenvalue weighted by molar-refractivity contribution is 5.80. The molecule has 2 amide bonds. The number of hydrogen-bond acceptors (Lipinski definition) is 2. The van der Waals surface area contributed by atoms with Crippen LogP contribution in [0, 0.1) is 0 Å². The summed E-state index contributed by atoms with van der Waals surface area (Å²) < 4.78 is 0. The molecule has 0 aromatic carbocycles. The number of hydrogen-bond donors (Lipinski definition) is 1. The lowest BCUT2D eigenvalue weighted by molar-refractivity contribution is -0.120. The molecule has 0 spiro atoms. The zero-order valence-corrected chi connectivity index (χ0v) is 5.83. The van der Waals surface area contributed by atoms with E-state index in [2.05, 4.69) is 10.3 Å². The lowest BCUT2D eigenvalue weighted by atomic mass is 10.4. The van der Waals surface area contributed by atoms with Crippen LogP contribution >= 0.6 is 0 Å². The van der Waals surface area contributed by atoms with Crippen molar-refractivity contribution in [1.29, 1.82) is 0 Å². The van der Waals surface area contributed by atoms with Crippen molar-refractivity contribution in [2.75, 3.05) is 6.54 Å². The Hall–Kier alpha value is -1.19. The van der Waals surface area contributed by atoms with Crippen molar-refractivity contribution >= 4 is 18.5 Å². The first-order valence-electron chi connectivity index (χ1n) is 3.03. The molecule has 0 bridgehead atoms. The topological polar surface area (TPSA) is 58.5 Å². The maximum absolute atomic E-state index is 10.5. The number of carbonyl (C=O) groups excluding carboxylic acids is 2. The molecular formula is C6H10N2O2. The van der Waals surface area contributed by atoms with Gasteiger partial charge in [0.2, 0.25) is 12.3 Å². The van der Waals surface area contributed by atoms with Gasteiger partial charge in [-0.1, -0.05) is 6.92 Å². The van der Waals surface area contributed by atoms with Crippen molar-refractivity contribution in [3.8, 4) is 0 Å². The van der Waals surface area contributed by atoms with Gasteiger partial charge < -0.3 is 5.32 Å². The van der Waals surface area contributed by atoms with E-state index in [1.165, 1.54) is 6.21 Å². The zero-order chi connectivity index (χ0) is 7.82. The number of nitrogens with zero attached hydrogens (tertiary/aromatic N) is 1. The van der Waals surface area contributed by atoms with Crippen LogP contribution < -0.4 is 5.32 Å². The average molecular weight is 142 g/mol. The van der Waals surface area contributed by atoms with Gasteiger partial charge in [-0.25, -0.2) is 4.99 Å². The molecule has 0 atom stereocenters. The largest absolute Gasteiger partial charge is 0.351 e. The minimum absolute atomic E-state index is 0.0441. The second-order valence-electron chi connectivity index (χ2n) is 1.59. The minimum atomic E-state index is -0.0441. The molecule has 0 heterocycles. The highest BCUT2D eigenvalue weighted by atomic mass is 16.1. The molecule has 0 aliphatic carbocycles. The van der Waals surface area contributed by atoms with Crippen LogP contribution in [0.1, 0.15) is 13.3 Å². The maximum Gasteiger partial charge on any atom is 0.232 e. The summed E-state index contributed by atoms with van der Waals surface area (Å²) in [6.07, 6.45) is 2.23. The molecule has 4 heteroatoms. The Kier molecular flexibility index (Phi) is 5.23. The minimum Gasteiger partial charge on any atom is -0.351 e. The Balaban J connectivity index is 3.27. The Bertz CT molecular complexity index is 143. The second-order valence-corrected chi connectivity index (χ2v) is 1.59. The maximum atomic E-state index is 10.5. The van der Waals surface area contributed by atoms with Gasteiger partial charge in [0.05, 0.1) is 6.54 Å². The molecule has 0 saturated heterocycles. The van der Waals surface area contributed by atoms with Crippen molar-refractivity contribution in [2.45, 2.75) is 13.3 Å². The van der Waals surface area contributed by atoms with E-state index in [9.17, 15) is 9.59 Å². The van der Waals surface area contributed by atoms with Gasteiger partial charge in [-0.15, -0.1) is 0 Å². The quantitative estimate of drug-likeness (QED) is 0.434. The molecule has 0 rings (SSSR count). The summed E-state index contributed by atoms with van der Waals surface area (Å²) in [6.45, 7) is 2.08. The summed E-state index contributed by atoms with van der Waals surface area (Å²) in [5.74, 6) is -0.0441. The molecule has 0 aliphatic heterocycles. The van der Waals surface area contributed by atoms with E-state index in [0.29, 0.717) is 19.4 Å². The summed E-state index contributed by atoms with van der Waals surface area (Å²) in [4.78, 5) is 23.4. The highest BCUT2D eigenvalue weighted by Gasteiger charge is 1.90. The molecule has 10 heavy (non-hydrogen) atoms. The second kappa shape index (κ2) is 5.94. The molecule has 0 unspecified atom stereocenters. The molecule has 0 radical (unpaired) electrons. The number of carbonyl (C=O) groups is 2. The van der Waals surface area contributed by atoms with E-state index in [1.54, 1.807) is 6.92 Å². The summed E-state index contributed by atoms with van der Waals surface area (Å²) in [7, 11) is 0. The Morgan fingerprint density at radius 2 is 2.40 bits per heavy atom. The van der Waals surface area contributed by atoms with Crippen molar-refractivity contribution in [1.82, 2.24) is 5.32 Å². The fourth-order valence-electron chi connectivity index (χ4n) is 0.380. The lowest BCUT2D eigenvalue weighted by Crippen LogP contribution is -2.23. The Morgan fingerprint density at radius 3 is 2.90 bits per heavy atom. The van der Waals surface area contributed by atoms with Gasteiger partial charge in [-0.2, -0.15) is 0 Å². The van der Waals surface area contributed by atoms with Gasteiger partial charge in [0.15, 0.2) is 0 Å². The van der Waals surface area contributed by atoms with Gasteiger partial charge in [0.25, 0.3) is 0 Å². The number of aliphatic imine (C=N–C) groups is 1. The van der Waals surface area contributed by atoms with Gasteiger partial charge >= 0.3 is 0 Å². The van der Waals surface area contributed by atoms with Crippen molar-refractivity contribution in [3.63, 3.8) is 0 Å². The van der Waals surface area contributed by atoms with E-state index in [0.717, 1.165) is 0 Å². The molecule has 1 N–H and O–H groups in total. The highest BCUT2D eigenvalue weighted by Crippen LogP contribution is 1.71. The van der Waals surface area contributed by atoms with Crippen LogP contribution in [0.5, 0.6) is 0 Å². The van der Waals surface area contributed by atoms with Crippen LogP contribution in [0.15, 0.2) is 4.99 Å². The standard InChI is InChI=1S/C6H10N2O2/c1-2-6(10)8-4-3-7-5-9/h3,5H,2,4H2,1H3,(H,8,10). The fourth-order valence-corrected chi connectivity index (χ4v) is 0.380. The first-order chi connectivity index (χ1) is 4.81. The summed E-state index contributed by atoms with van der Waals surface area (Å²) in [6, 6.07) is 0. The summed E-state index contributed by atoms with van der Waals surface area (Å²) >= 11 is 0. The van der Waals surface area contributed by atoms with E-state index in [4.69, 9.17) is 0 Å². The molecule has 0 aliphatic rings. The average Bonchev–Trinajstić information content (AvgIpc) is 1.98. The smallest absolute Gasteiger partial charge is 0.232 e. The Morgan fingerprint density at radius 1 is 1.70 bits per heavy atom.